The summed E-state index contributed by atoms with van der Waals surface area (Å²) in [5.41, 5.74) is 6.39. The maximum atomic E-state index is 6.39. The van der Waals surface area contributed by atoms with E-state index >= 15 is 0 Å². The number of nitrogens with two attached hydrogens (primary N) is 1. The lowest BCUT2D eigenvalue weighted by Crippen LogP contribution is -2.36. The van der Waals surface area contributed by atoms with E-state index in [1.165, 1.54) is 89.9 Å². The summed E-state index contributed by atoms with van der Waals surface area (Å²) in [6.45, 7) is 2.29. The maximum Gasteiger partial charge on any atom is 0.0623 e. The SMILES string of the molecule is CCCCCCCCCCCCC(N)C1CC2CCC1O2. The topological polar surface area (TPSA) is 35.2 Å². The zero-order valence-electron chi connectivity index (χ0n) is 14.2. The molecule has 0 spiro atoms. The molecule has 0 radical (unpaired) electrons. The van der Waals surface area contributed by atoms with Crippen LogP contribution in [0, 0.1) is 5.92 Å². The second-order valence-corrected chi connectivity index (χ2v) is 7.41. The summed E-state index contributed by atoms with van der Waals surface area (Å²) in [6, 6.07) is 0.398. The molecular formula is C19H37NO. The second kappa shape index (κ2) is 9.84. The molecule has 0 aliphatic carbocycles. The summed E-state index contributed by atoms with van der Waals surface area (Å²) in [6.07, 6.45) is 20.2. The Bertz CT molecular complexity index is 268. The maximum absolute atomic E-state index is 6.39. The number of hydrogen-bond donors (Lipinski definition) is 1. The highest BCUT2D eigenvalue weighted by Crippen LogP contribution is 2.40. The van der Waals surface area contributed by atoms with Gasteiger partial charge < -0.3 is 10.5 Å². The molecule has 0 saturated carbocycles. The molecule has 2 heteroatoms. The number of unbranched alkanes of at least 4 members (excludes halogenated alkanes) is 9. The lowest BCUT2D eigenvalue weighted by molar-refractivity contribution is 0.0877. The first-order valence-corrected chi connectivity index (χ1v) is 9.72. The Balaban J connectivity index is 1.38. The third-order valence-corrected chi connectivity index (χ3v) is 5.59. The van der Waals surface area contributed by atoms with Crippen molar-refractivity contribution in [1.82, 2.24) is 0 Å². The van der Waals surface area contributed by atoms with Crippen LogP contribution in [-0.2, 0) is 4.74 Å². The van der Waals surface area contributed by atoms with Gasteiger partial charge in [-0.25, -0.2) is 0 Å². The van der Waals surface area contributed by atoms with Gasteiger partial charge in [-0.1, -0.05) is 71.1 Å². The van der Waals surface area contributed by atoms with Gasteiger partial charge in [0.2, 0.25) is 0 Å². The second-order valence-electron chi connectivity index (χ2n) is 7.41. The molecule has 2 heterocycles. The lowest BCUT2D eigenvalue weighted by atomic mass is 9.82. The van der Waals surface area contributed by atoms with Crippen molar-refractivity contribution in [2.45, 2.75) is 115 Å². The van der Waals surface area contributed by atoms with Crippen molar-refractivity contribution in [3.8, 4) is 0 Å². The summed E-state index contributed by atoms with van der Waals surface area (Å²) in [7, 11) is 0. The highest BCUT2D eigenvalue weighted by molar-refractivity contribution is 4.94. The minimum absolute atomic E-state index is 0.398. The molecular weight excluding hydrogens is 258 g/mol. The molecule has 2 fully saturated rings. The predicted octanol–water partition coefficient (Wildman–Crippen LogP) is 5.19. The van der Waals surface area contributed by atoms with Gasteiger partial charge in [0.05, 0.1) is 12.2 Å². The smallest absolute Gasteiger partial charge is 0.0623 e. The van der Waals surface area contributed by atoms with E-state index in [0.717, 1.165) is 0 Å². The molecule has 2 aliphatic rings. The van der Waals surface area contributed by atoms with Crippen LogP contribution in [-0.4, -0.2) is 18.2 Å². The fourth-order valence-corrected chi connectivity index (χ4v) is 4.21. The molecule has 4 atom stereocenters. The first-order chi connectivity index (χ1) is 10.3. The fraction of sp³-hybridized carbons (Fsp3) is 1.00. The molecule has 4 unspecified atom stereocenters. The fourth-order valence-electron chi connectivity index (χ4n) is 4.21. The molecule has 2 nitrogen and oxygen atoms in total. The molecule has 2 bridgehead atoms. The van der Waals surface area contributed by atoms with Crippen molar-refractivity contribution < 1.29 is 4.74 Å². The van der Waals surface area contributed by atoms with Crippen LogP contribution < -0.4 is 5.73 Å². The van der Waals surface area contributed by atoms with Gasteiger partial charge >= 0.3 is 0 Å². The van der Waals surface area contributed by atoms with E-state index in [9.17, 15) is 0 Å². The standard InChI is InChI=1S/C19H37NO/c1-2-3-4-5-6-7-8-9-10-11-12-18(20)17-15-16-13-14-19(17)21-16/h16-19H,2-15,20H2,1H3. The van der Waals surface area contributed by atoms with Crippen LogP contribution in [0.4, 0.5) is 0 Å². The van der Waals surface area contributed by atoms with Gasteiger partial charge in [-0.15, -0.1) is 0 Å². The molecule has 0 aromatic heterocycles. The largest absolute Gasteiger partial charge is 0.375 e. The summed E-state index contributed by atoms with van der Waals surface area (Å²) >= 11 is 0. The third-order valence-electron chi connectivity index (χ3n) is 5.59. The number of fused-ring (bicyclic) bond motifs is 2. The normalized spacial score (nSPS) is 29.1. The molecule has 0 aromatic rings. The predicted molar refractivity (Wildman–Crippen MR) is 90.4 cm³/mol. The molecule has 124 valence electrons. The first-order valence-electron chi connectivity index (χ1n) is 9.72. The van der Waals surface area contributed by atoms with Crippen molar-refractivity contribution >= 4 is 0 Å². The Kier molecular flexibility index (Phi) is 8.10. The zero-order valence-corrected chi connectivity index (χ0v) is 14.2. The molecule has 21 heavy (non-hydrogen) atoms. The van der Waals surface area contributed by atoms with Crippen LogP contribution in [0.25, 0.3) is 0 Å². The van der Waals surface area contributed by atoms with Crippen LogP contribution in [0.1, 0.15) is 96.8 Å². The highest BCUT2D eigenvalue weighted by Gasteiger charge is 2.42. The summed E-state index contributed by atoms with van der Waals surface area (Å²) in [5, 5.41) is 0. The minimum atomic E-state index is 0.398. The van der Waals surface area contributed by atoms with Gasteiger partial charge in [0, 0.05) is 12.0 Å². The van der Waals surface area contributed by atoms with Gasteiger partial charge in [0.25, 0.3) is 0 Å². The van der Waals surface area contributed by atoms with Crippen LogP contribution in [0.5, 0.6) is 0 Å². The van der Waals surface area contributed by atoms with Crippen molar-refractivity contribution in [2.75, 3.05) is 0 Å². The monoisotopic (exact) mass is 295 g/mol. The van der Waals surface area contributed by atoms with Gasteiger partial charge in [-0.05, 0) is 25.7 Å². The van der Waals surface area contributed by atoms with E-state index in [0.29, 0.717) is 24.2 Å². The van der Waals surface area contributed by atoms with Crippen molar-refractivity contribution in [3.05, 3.63) is 0 Å². The molecule has 2 aliphatic heterocycles. The number of ether oxygens (including phenoxy) is 1. The Morgan fingerprint density at radius 1 is 0.905 bits per heavy atom. The quantitative estimate of drug-likeness (QED) is 0.503. The lowest BCUT2D eigenvalue weighted by Gasteiger charge is -2.25. The van der Waals surface area contributed by atoms with Crippen molar-refractivity contribution in [1.29, 1.82) is 0 Å². The van der Waals surface area contributed by atoms with Crippen LogP contribution >= 0.6 is 0 Å². The van der Waals surface area contributed by atoms with Crippen LogP contribution in [0.2, 0.25) is 0 Å². The molecule has 0 amide bonds. The van der Waals surface area contributed by atoms with Crippen LogP contribution in [0.15, 0.2) is 0 Å². The molecule has 2 rings (SSSR count). The summed E-state index contributed by atoms with van der Waals surface area (Å²) in [4.78, 5) is 0. The number of rotatable bonds is 12. The van der Waals surface area contributed by atoms with Crippen LogP contribution in [0.3, 0.4) is 0 Å². The molecule has 2 N–H and O–H groups in total. The average Bonchev–Trinajstić information content (AvgIpc) is 3.12. The summed E-state index contributed by atoms with van der Waals surface area (Å²) < 4.78 is 5.93. The average molecular weight is 296 g/mol. The number of hydrogen-bond acceptors (Lipinski definition) is 2. The van der Waals surface area contributed by atoms with E-state index in [1.807, 2.05) is 0 Å². The Labute approximate surface area is 132 Å². The summed E-state index contributed by atoms with van der Waals surface area (Å²) in [5.74, 6) is 0.669. The van der Waals surface area contributed by atoms with Crippen molar-refractivity contribution in [3.63, 3.8) is 0 Å². The Hall–Kier alpha value is -0.0800. The van der Waals surface area contributed by atoms with E-state index in [2.05, 4.69) is 6.92 Å². The first kappa shape index (κ1) is 17.3. The van der Waals surface area contributed by atoms with Gasteiger partial charge in [-0.2, -0.15) is 0 Å². The zero-order chi connectivity index (χ0) is 14.9. The van der Waals surface area contributed by atoms with Gasteiger partial charge in [0.15, 0.2) is 0 Å². The Morgan fingerprint density at radius 2 is 1.52 bits per heavy atom. The third kappa shape index (κ3) is 5.90. The Morgan fingerprint density at radius 3 is 2.05 bits per heavy atom. The van der Waals surface area contributed by atoms with Gasteiger partial charge in [-0.3, -0.25) is 0 Å². The van der Waals surface area contributed by atoms with E-state index < -0.39 is 0 Å². The minimum Gasteiger partial charge on any atom is -0.375 e. The van der Waals surface area contributed by atoms with E-state index in [4.69, 9.17) is 10.5 Å². The molecule has 0 aromatic carbocycles. The molecule has 2 saturated heterocycles. The van der Waals surface area contributed by atoms with Crippen molar-refractivity contribution in [2.24, 2.45) is 11.7 Å². The highest BCUT2D eigenvalue weighted by atomic mass is 16.5. The van der Waals surface area contributed by atoms with Gasteiger partial charge in [0.1, 0.15) is 0 Å². The van der Waals surface area contributed by atoms with E-state index in [-0.39, 0.29) is 0 Å². The van der Waals surface area contributed by atoms with E-state index in [1.54, 1.807) is 0 Å².